The van der Waals surface area contributed by atoms with E-state index in [1.165, 1.54) is 6.07 Å². The summed E-state index contributed by atoms with van der Waals surface area (Å²) in [4.78, 5) is 4.17. The summed E-state index contributed by atoms with van der Waals surface area (Å²) in [7, 11) is 1.70. The normalized spacial score (nSPS) is 11.4. The zero-order valence-electron chi connectivity index (χ0n) is 15.8. The average molecular weight is 474 g/mol. The van der Waals surface area contributed by atoms with Crippen LogP contribution in [-0.2, 0) is 13.1 Å². The number of hydrogen-bond donors (Lipinski definition) is 2. The van der Waals surface area contributed by atoms with Gasteiger partial charge in [-0.2, -0.15) is 0 Å². The van der Waals surface area contributed by atoms with E-state index in [4.69, 9.17) is 4.52 Å². The molecule has 0 saturated heterocycles. The van der Waals surface area contributed by atoms with Gasteiger partial charge >= 0.3 is 0 Å². The second-order valence-electron chi connectivity index (χ2n) is 6.09. The van der Waals surface area contributed by atoms with Crippen molar-refractivity contribution < 1.29 is 8.91 Å². The van der Waals surface area contributed by atoms with Crippen LogP contribution in [0.3, 0.4) is 0 Å². The number of aromatic nitrogens is 1. The number of nitrogens with one attached hydrogen (secondary N) is 2. The van der Waals surface area contributed by atoms with E-state index in [-0.39, 0.29) is 29.8 Å². The number of benzene rings is 1. The summed E-state index contributed by atoms with van der Waals surface area (Å²) >= 11 is 0. The molecule has 2 aromatic rings. The smallest absolute Gasteiger partial charge is 0.191 e. The molecule has 0 spiro atoms. The van der Waals surface area contributed by atoms with Crippen molar-refractivity contribution in [1.29, 1.82) is 0 Å². The van der Waals surface area contributed by atoms with E-state index in [9.17, 15) is 4.39 Å². The Morgan fingerprint density at radius 1 is 1.19 bits per heavy atom. The molecule has 0 amide bonds. The van der Waals surface area contributed by atoms with Crippen molar-refractivity contribution in [3.05, 3.63) is 52.7 Å². The molecule has 0 saturated carbocycles. The minimum Gasteiger partial charge on any atom is -0.359 e. The van der Waals surface area contributed by atoms with Crippen LogP contribution in [-0.4, -0.2) is 18.2 Å². The molecule has 0 bridgehead atoms. The summed E-state index contributed by atoms with van der Waals surface area (Å²) in [5, 5.41) is 10.5. The third kappa shape index (κ3) is 6.26. The van der Waals surface area contributed by atoms with Crippen LogP contribution in [0.15, 0.2) is 33.8 Å². The number of aryl methyl sites for hydroxylation is 1. The third-order valence-corrected chi connectivity index (χ3v) is 4.33. The summed E-state index contributed by atoms with van der Waals surface area (Å²) in [5.74, 6) is 1.64. The predicted molar refractivity (Wildman–Crippen MR) is 113 cm³/mol. The Labute approximate surface area is 171 Å². The van der Waals surface area contributed by atoms with Crippen molar-refractivity contribution in [3.8, 4) is 0 Å². The molecule has 5 nitrogen and oxygen atoms in total. The zero-order valence-corrected chi connectivity index (χ0v) is 18.1. The van der Waals surface area contributed by atoms with Crippen LogP contribution >= 0.6 is 24.0 Å². The lowest BCUT2D eigenvalue weighted by atomic mass is 9.99. The lowest BCUT2D eigenvalue weighted by Gasteiger charge is -2.11. The molecule has 2 N–H and O–H groups in total. The van der Waals surface area contributed by atoms with Gasteiger partial charge in [0, 0.05) is 25.6 Å². The van der Waals surface area contributed by atoms with Gasteiger partial charge in [-0.1, -0.05) is 31.1 Å². The second kappa shape index (κ2) is 11.2. The highest BCUT2D eigenvalue weighted by Gasteiger charge is 2.13. The maximum atomic E-state index is 13.6. The van der Waals surface area contributed by atoms with E-state index in [1.807, 2.05) is 12.1 Å². The Bertz CT molecular complexity index is 713. The molecule has 0 aliphatic rings. The largest absolute Gasteiger partial charge is 0.359 e. The summed E-state index contributed by atoms with van der Waals surface area (Å²) in [6.45, 7) is 7.04. The van der Waals surface area contributed by atoms with Crippen molar-refractivity contribution in [3.63, 3.8) is 0 Å². The van der Waals surface area contributed by atoms with Gasteiger partial charge in [-0.15, -0.1) is 24.0 Å². The first kappa shape index (κ1) is 22.4. The fraction of sp³-hybridized carbons (Fsp3) is 0.474. The molecule has 0 fully saturated rings. The van der Waals surface area contributed by atoms with Gasteiger partial charge in [-0.25, -0.2) is 4.39 Å². The van der Waals surface area contributed by atoms with Gasteiger partial charge in [0.1, 0.15) is 5.82 Å². The first-order valence-electron chi connectivity index (χ1n) is 8.72. The van der Waals surface area contributed by atoms with Gasteiger partial charge in [-0.3, -0.25) is 4.99 Å². The minimum absolute atomic E-state index is 0. The molecule has 0 aliphatic carbocycles. The summed E-state index contributed by atoms with van der Waals surface area (Å²) in [6, 6.07) is 7.20. The molecule has 0 atom stereocenters. The van der Waals surface area contributed by atoms with Crippen LogP contribution in [0.2, 0.25) is 0 Å². The van der Waals surface area contributed by atoms with Gasteiger partial charge in [0.2, 0.25) is 0 Å². The Morgan fingerprint density at radius 2 is 1.88 bits per heavy atom. The summed E-state index contributed by atoms with van der Waals surface area (Å²) in [6.07, 6.45) is 2.10. The lowest BCUT2D eigenvalue weighted by molar-refractivity contribution is 0.368. The molecule has 1 heterocycles. The molecule has 1 aromatic carbocycles. The summed E-state index contributed by atoms with van der Waals surface area (Å²) in [5.41, 5.74) is 2.51. The first-order valence-corrected chi connectivity index (χ1v) is 8.72. The maximum absolute atomic E-state index is 13.6. The number of nitrogens with zero attached hydrogens (tertiary/aromatic N) is 2. The standard InChI is InChI=1S/C19H27FN4O.HI/c1-5-15(6-2)18-10-16(25-24-18)12-23-19(21-4)22-11-14-8-7-13(3)17(20)9-14;/h7-10,15H,5-6,11-12H2,1-4H3,(H2,21,22,23);1H. The van der Waals surface area contributed by atoms with Crippen LogP contribution in [0.4, 0.5) is 4.39 Å². The highest BCUT2D eigenvalue weighted by molar-refractivity contribution is 14.0. The minimum atomic E-state index is -0.196. The number of rotatable bonds is 7. The van der Waals surface area contributed by atoms with Crippen molar-refractivity contribution >= 4 is 29.9 Å². The average Bonchev–Trinajstić information content (AvgIpc) is 3.08. The van der Waals surface area contributed by atoms with E-state index < -0.39 is 0 Å². The van der Waals surface area contributed by atoms with E-state index in [2.05, 4.69) is 34.6 Å². The van der Waals surface area contributed by atoms with Crippen LogP contribution < -0.4 is 10.6 Å². The van der Waals surface area contributed by atoms with Gasteiger partial charge in [0.05, 0.1) is 12.2 Å². The quantitative estimate of drug-likeness (QED) is 0.352. The van der Waals surface area contributed by atoms with Crippen LogP contribution in [0.1, 0.15) is 55.2 Å². The van der Waals surface area contributed by atoms with Crippen LogP contribution in [0.5, 0.6) is 0 Å². The van der Waals surface area contributed by atoms with E-state index in [1.54, 1.807) is 20.0 Å². The van der Waals surface area contributed by atoms with Gasteiger partial charge in [0.25, 0.3) is 0 Å². The van der Waals surface area contributed by atoms with Crippen molar-refractivity contribution in [2.45, 2.75) is 52.6 Å². The van der Waals surface area contributed by atoms with E-state index in [0.717, 1.165) is 29.9 Å². The topological polar surface area (TPSA) is 62.5 Å². The predicted octanol–water partition coefficient (Wildman–Crippen LogP) is 4.51. The van der Waals surface area contributed by atoms with Crippen LogP contribution in [0, 0.1) is 12.7 Å². The number of hydrogen-bond acceptors (Lipinski definition) is 3. The zero-order chi connectivity index (χ0) is 18.2. The van der Waals surface area contributed by atoms with Crippen molar-refractivity contribution in [1.82, 2.24) is 15.8 Å². The summed E-state index contributed by atoms with van der Waals surface area (Å²) < 4.78 is 19.0. The molecule has 0 radical (unpaired) electrons. The number of halogens is 2. The highest BCUT2D eigenvalue weighted by Crippen LogP contribution is 2.22. The van der Waals surface area contributed by atoms with Crippen molar-refractivity contribution in [2.24, 2.45) is 4.99 Å². The molecular formula is C19H28FIN4O. The lowest BCUT2D eigenvalue weighted by Crippen LogP contribution is -2.36. The molecule has 0 aliphatic heterocycles. The number of guanidine groups is 1. The van der Waals surface area contributed by atoms with Gasteiger partial charge in [0.15, 0.2) is 11.7 Å². The molecule has 26 heavy (non-hydrogen) atoms. The fourth-order valence-electron chi connectivity index (χ4n) is 2.64. The van der Waals surface area contributed by atoms with E-state index >= 15 is 0 Å². The fourth-order valence-corrected chi connectivity index (χ4v) is 2.64. The third-order valence-electron chi connectivity index (χ3n) is 4.33. The molecule has 0 unspecified atom stereocenters. The Morgan fingerprint density at radius 3 is 2.50 bits per heavy atom. The Kier molecular flexibility index (Phi) is 9.61. The number of aliphatic imine (C=N–C) groups is 1. The molecule has 144 valence electrons. The van der Waals surface area contributed by atoms with E-state index in [0.29, 0.717) is 30.5 Å². The molecular weight excluding hydrogens is 446 g/mol. The maximum Gasteiger partial charge on any atom is 0.191 e. The first-order chi connectivity index (χ1) is 12.1. The van der Waals surface area contributed by atoms with Crippen molar-refractivity contribution in [2.75, 3.05) is 7.05 Å². The highest BCUT2D eigenvalue weighted by atomic mass is 127. The molecule has 7 heteroatoms. The molecule has 1 aromatic heterocycles. The van der Waals surface area contributed by atoms with Gasteiger partial charge < -0.3 is 15.2 Å². The Balaban J connectivity index is 0.00000338. The molecule has 2 rings (SSSR count). The second-order valence-corrected chi connectivity index (χ2v) is 6.09. The monoisotopic (exact) mass is 474 g/mol. The van der Waals surface area contributed by atoms with Crippen LogP contribution in [0.25, 0.3) is 0 Å². The Hall–Kier alpha value is -1.64. The SMILES string of the molecule is CCC(CC)c1cc(CNC(=NC)NCc2ccc(C)c(F)c2)on1.I. The van der Waals surface area contributed by atoms with Gasteiger partial charge in [-0.05, 0) is 37.0 Å².